The van der Waals surface area contributed by atoms with E-state index >= 15 is 0 Å². The molecule has 0 aliphatic heterocycles. The molecule has 2 aromatic heterocycles. The lowest BCUT2D eigenvalue weighted by molar-refractivity contribution is 0.0990. The van der Waals surface area contributed by atoms with Crippen molar-refractivity contribution in [2.45, 2.75) is 19.8 Å². The molecular weight excluding hydrogens is 424 g/mol. The van der Waals surface area contributed by atoms with Crippen LogP contribution in [0.3, 0.4) is 0 Å². The van der Waals surface area contributed by atoms with Gasteiger partial charge in [-0.2, -0.15) is 0 Å². The summed E-state index contributed by atoms with van der Waals surface area (Å²) in [4.78, 5) is 36.3. The third-order valence-corrected chi connectivity index (χ3v) is 6.41. The molecule has 166 valence electrons. The first-order valence-corrected chi connectivity index (χ1v) is 11.3. The van der Waals surface area contributed by atoms with Crippen molar-refractivity contribution in [3.8, 4) is 5.69 Å². The molecule has 0 radical (unpaired) electrons. The molecule has 0 bridgehead atoms. The van der Waals surface area contributed by atoms with Gasteiger partial charge in [-0.3, -0.25) is 14.2 Å². The van der Waals surface area contributed by atoms with E-state index in [2.05, 4.69) is 13.8 Å². The zero-order valence-corrected chi connectivity index (χ0v) is 19.1. The molecule has 1 aliphatic rings. The van der Waals surface area contributed by atoms with Gasteiger partial charge in [0.1, 0.15) is 11.6 Å². The Morgan fingerprint density at radius 3 is 1.97 bits per heavy atom. The molecule has 0 atom stereocenters. The summed E-state index contributed by atoms with van der Waals surface area (Å²) in [6, 6.07) is 21.1. The van der Waals surface area contributed by atoms with Gasteiger partial charge in [-0.15, -0.1) is 0 Å². The Morgan fingerprint density at radius 2 is 1.38 bits per heavy atom. The predicted octanol–water partition coefficient (Wildman–Crippen LogP) is 5.50. The number of aromatic nitrogens is 4. The van der Waals surface area contributed by atoms with Gasteiger partial charge in [0, 0.05) is 29.8 Å². The summed E-state index contributed by atoms with van der Waals surface area (Å²) in [5.41, 5.74) is 3.29. The van der Waals surface area contributed by atoms with Crippen LogP contribution in [0.2, 0.25) is 0 Å². The van der Waals surface area contributed by atoms with Crippen LogP contribution in [-0.4, -0.2) is 30.7 Å². The molecule has 0 amide bonds. The number of aryl methyl sites for hydroxylation is 1. The first kappa shape index (κ1) is 20.3. The number of nitrogens with zero attached hydrogens (tertiary/aromatic N) is 4. The summed E-state index contributed by atoms with van der Waals surface area (Å²) in [6.07, 6.45) is 1.61. The molecule has 0 saturated heterocycles. The largest absolute Gasteiger partial charge is 0.314 e. The minimum atomic E-state index is -0.270. The highest BCUT2D eigenvalue weighted by Crippen LogP contribution is 2.33. The van der Waals surface area contributed by atoms with Crippen LogP contribution >= 0.6 is 0 Å². The van der Waals surface area contributed by atoms with E-state index in [1.54, 1.807) is 6.08 Å². The smallest absolute Gasteiger partial charge is 0.197 e. The topological polar surface area (TPSA) is 69.8 Å². The van der Waals surface area contributed by atoms with E-state index in [1.807, 2.05) is 82.9 Å². The Bertz CT molecular complexity index is 1610. The van der Waals surface area contributed by atoms with Crippen LogP contribution in [0.15, 0.2) is 72.3 Å². The van der Waals surface area contributed by atoms with E-state index < -0.39 is 0 Å². The molecule has 0 saturated carbocycles. The number of imidazole rings is 2. The van der Waals surface area contributed by atoms with Crippen molar-refractivity contribution in [3.63, 3.8) is 0 Å². The number of hydrogen-bond acceptors (Lipinski definition) is 4. The van der Waals surface area contributed by atoms with Gasteiger partial charge in [-0.05, 0) is 41.1 Å². The van der Waals surface area contributed by atoms with Crippen LogP contribution in [-0.2, 0) is 7.05 Å². The molecule has 0 spiro atoms. The Morgan fingerprint density at radius 1 is 0.794 bits per heavy atom. The maximum atomic E-state index is 13.3. The van der Waals surface area contributed by atoms with Crippen LogP contribution in [0.4, 0.5) is 0 Å². The quantitative estimate of drug-likeness (QED) is 0.271. The van der Waals surface area contributed by atoms with Gasteiger partial charge in [0.2, 0.25) is 0 Å². The zero-order chi connectivity index (χ0) is 23.6. The number of allylic oxidation sites excluding steroid dienone is 1. The van der Waals surface area contributed by atoms with Crippen molar-refractivity contribution in [2.75, 3.05) is 0 Å². The molecule has 2 heterocycles. The van der Waals surface area contributed by atoms with Gasteiger partial charge in [-0.1, -0.05) is 56.3 Å². The summed E-state index contributed by atoms with van der Waals surface area (Å²) in [5.74, 6) is 1.12. The molecule has 0 unspecified atom stereocenters. The fourth-order valence-electron chi connectivity index (χ4n) is 4.75. The number of ketones is 2. The number of Topliss-reactive ketones (excluding diaryl/α,β-unsaturated/α-hetero) is 2. The van der Waals surface area contributed by atoms with Crippen LogP contribution < -0.4 is 0 Å². The molecule has 0 fully saturated rings. The maximum absolute atomic E-state index is 13.3. The highest BCUT2D eigenvalue weighted by Gasteiger charge is 2.34. The summed E-state index contributed by atoms with van der Waals surface area (Å²) in [7, 11) is 1.94. The lowest BCUT2D eigenvalue weighted by Gasteiger charge is -2.07. The van der Waals surface area contributed by atoms with Gasteiger partial charge >= 0.3 is 0 Å². The van der Waals surface area contributed by atoms with Gasteiger partial charge < -0.3 is 4.57 Å². The van der Waals surface area contributed by atoms with Crippen LogP contribution in [0.25, 0.3) is 33.8 Å². The van der Waals surface area contributed by atoms with Gasteiger partial charge in [0.25, 0.3) is 0 Å². The summed E-state index contributed by atoms with van der Waals surface area (Å²) < 4.78 is 3.88. The van der Waals surface area contributed by atoms with Crippen molar-refractivity contribution in [1.82, 2.24) is 19.1 Å². The molecule has 6 heteroatoms. The van der Waals surface area contributed by atoms with Crippen molar-refractivity contribution >= 4 is 39.7 Å². The van der Waals surface area contributed by atoms with Crippen LogP contribution in [0.5, 0.6) is 0 Å². The van der Waals surface area contributed by atoms with Gasteiger partial charge in [-0.25, -0.2) is 9.97 Å². The van der Waals surface area contributed by atoms with Gasteiger partial charge in [0.05, 0.1) is 5.57 Å². The number of hydrogen-bond donors (Lipinski definition) is 0. The van der Waals surface area contributed by atoms with Crippen LogP contribution in [0, 0.1) is 0 Å². The number of benzene rings is 3. The summed E-state index contributed by atoms with van der Waals surface area (Å²) in [6.45, 7) is 4.18. The van der Waals surface area contributed by atoms with E-state index in [0.717, 1.165) is 22.3 Å². The van der Waals surface area contributed by atoms with Crippen molar-refractivity contribution in [1.29, 1.82) is 0 Å². The second-order valence-corrected chi connectivity index (χ2v) is 8.93. The third-order valence-electron chi connectivity index (χ3n) is 6.41. The number of rotatable bonds is 3. The second kappa shape index (κ2) is 7.35. The average Bonchev–Trinajstić information content (AvgIpc) is 3.44. The standard InChI is InChI=1S/C28H22N4O2/c1-16(2)26-30-28-27(31(26)3)29-23(32(28)19-11-5-4-6-12-19)15-22-24(33)20-13-17-9-7-8-10-18(17)14-21(20)25(22)34/h4-16H,1-3H3. The highest BCUT2D eigenvalue weighted by atomic mass is 16.2. The molecule has 6 nitrogen and oxygen atoms in total. The molecule has 1 aliphatic carbocycles. The van der Waals surface area contributed by atoms with Crippen molar-refractivity contribution < 1.29 is 9.59 Å². The zero-order valence-electron chi connectivity index (χ0n) is 19.1. The normalized spacial score (nSPS) is 13.5. The number of carbonyl (C=O) groups is 2. The fourth-order valence-corrected chi connectivity index (χ4v) is 4.75. The molecule has 34 heavy (non-hydrogen) atoms. The Hall–Kier alpha value is -4.32. The SMILES string of the molecule is CC(C)c1nc2c(nc(C=C3C(=O)c4cc5ccccc5cc4C3=O)n2-c2ccccc2)n1C. The monoisotopic (exact) mass is 446 g/mol. The summed E-state index contributed by atoms with van der Waals surface area (Å²) in [5, 5.41) is 1.87. The average molecular weight is 447 g/mol. The lowest BCUT2D eigenvalue weighted by atomic mass is 10.0. The highest BCUT2D eigenvalue weighted by molar-refractivity contribution is 6.42. The number of para-hydroxylation sites is 1. The van der Waals surface area contributed by atoms with Crippen molar-refractivity contribution in [3.05, 3.63) is 95.1 Å². The molecule has 6 rings (SSSR count). The first-order valence-electron chi connectivity index (χ1n) is 11.3. The minimum absolute atomic E-state index is 0.127. The van der Waals surface area contributed by atoms with Crippen molar-refractivity contribution in [2.24, 2.45) is 7.05 Å². The van der Waals surface area contributed by atoms with E-state index in [1.165, 1.54) is 0 Å². The lowest BCUT2D eigenvalue weighted by Crippen LogP contribution is -2.05. The number of fused-ring (bicyclic) bond motifs is 3. The second-order valence-electron chi connectivity index (χ2n) is 8.93. The predicted molar refractivity (Wildman–Crippen MR) is 133 cm³/mol. The minimum Gasteiger partial charge on any atom is -0.314 e. The summed E-state index contributed by atoms with van der Waals surface area (Å²) >= 11 is 0. The van der Waals surface area contributed by atoms with E-state index in [0.29, 0.717) is 28.2 Å². The van der Waals surface area contributed by atoms with Crippen LogP contribution in [0.1, 0.15) is 52.1 Å². The molecule has 0 N–H and O–H groups in total. The Labute approximate surface area is 196 Å². The molecule has 5 aromatic rings. The number of carbonyl (C=O) groups excluding carboxylic acids is 2. The molecule has 3 aromatic carbocycles. The first-order chi connectivity index (χ1) is 16.4. The van der Waals surface area contributed by atoms with Gasteiger partial charge in [0.15, 0.2) is 22.9 Å². The van der Waals surface area contributed by atoms with E-state index in [-0.39, 0.29) is 23.1 Å². The maximum Gasteiger partial charge on any atom is 0.197 e. The van der Waals surface area contributed by atoms with E-state index in [4.69, 9.17) is 9.97 Å². The fraction of sp³-hybridized carbons (Fsp3) is 0.143. The Balaban J connectivity index is 1.56. The Kier molecular flexibility index (Phi) is 4.39. The van der Waals surface area contributed by atoms with E-state index in [9.17, 15) is 9.59 Å². The third kappa shape index (κ3) is 2.88. The molecular formula is C28H22N4O2.